The van der Waals surface area contributed by atoms with Crippen molar-refractivity contribution in [2.75, 3.05) is 0 Å². The normalized spacial score (nSPS) is 18.1. The smallest absolute Gasteiger partial charge is 0.229 e. The molecule has 1 saturated carbocycles. The standard InChI is InChI=1S/C16H20N2O2/c19-14(12-7-3-1-4-8-12)11-15-17-16(18-20-15)13-9-5-2-6-10-13/h1,3-4,7-8,13-14,19H,2,5-6,9-11H2/t14-/m0/s1. The van der Waals surface area contributed by atoms with E-state index in [0.717, 1.165) is 24.2 Å². The van der Waals surface area contributed by atoms with Gasteiger partial charge in [0.15, 0.2) is 5.82 Å². The van der Waals surface area contributed by atoms with Crippen molar-refractivity contribution in [2.45, 2.75) is 50.5 Å². The molecule has 4 nitrogen and oxygen atoms in total. The second-order valence-corrected chi connectivity index (χ2v) is 5.51. The molecule has 0 aliphatic heterocycles. The Labute approximate surface area is 118 Å². The Balaban J connectivity index is 1.65. The zero-order chi connectivity index (χ0) is 13.8. The predicted molar refractivity (Wildman–Crippen MR) is 75.2 cm³/mol. The van der Waals surface area contributed by atoms with Crippen molar-refractivity contribution in [1.82, 2.24) is 10.1 Å². The number of nitrogens with zero attached hydrogens (tertiary/aromatic N) is 2. The molecule has 2 aromatic rings. The molecule has 1 aromatic carbocycles. The van der Waals surface area contributed by atoms with Crippen LogP contribution in [-0.4, -0.2) is 15.2 Å². The van der Waals surface area contributed by atoms with Crippen molar-refractivity contribution < 1.29 is 9.63 Å². The van der Waals surface area contributed by atoms with Gasteiger partial charge in [-0.15, -0.1) is 0 Å². The van der Waals surface area contributed by atoms with Gasteiger partial charge in [-0.2, -0.15) is 4.98 Å². The molecule has 20 heavy (non-hydrogen) atoms. The van der Waals surface area contributed by atoms with Gasteiger partial charge >= 0.3 is 0 Å². The summed E-state index contributed by atoms with van der Waals surface area (Å²) in [4.78, 5) is 4.46. The number of hydrogen-bond acceptors (Lipinski definition) is 4. The third kappa shape index (κ3) is 3.07. The van der Waals surface area contributed by atoms with Crippen molar-refractivity contribution in [3.63, 3.8) is 0 Å². The van der Waals surface area contributed by atoms with E-state index in [9.17, 15) is 5.11 Å². The Hall–Kier alpha value is -1.68. The molecule has 0 amide bonds. The van der Waals surface area contributed by atoms with E-state index in [2.05, 4.69) is 10.1 Å². The summed E-state index contributed by atoms with van der Waals surface area (Å²) in [5.41, 5.74) is 0.880. The lowest BCUT2D eigenvalue weighted by molar-refractivity contribution is 0.164. The van der Waals surface area contributed by atoms with Crippen LogP contribution in [0.4, 0.5) is 0 Å². The number of aromatic nitrogens is 2. The van der Waals surface area contributed by atoms with Crippen LogP contribution in [0.5, 0.6) is 0 Å². The Bertz CT molecular complexity index is 532. The maximum Gasteiger partial charge on any atom is 0.229 e. The summed E-state index contributed by atoms with van der Waals surface area (Å²) in [7, 11) is 0. The first-order chi connectivity index (χ1) is 9.83. The average Bonchev–Trinajstić information content (AvgIpc) is 2.97. The number of aliphatic hydroxyl groups excluding tert-OH is 1. The minimum Gasteiger partial charge on any atom is -0.388 e. The minimum absolute atomic E-state index is 0.379. The average molecular weight is 272 g/mol. The predicted octanol–water partition coefficient (Wildman–Crippen LogP) is 3.39. The van der Waals surface area contributed by atoms with Crippen LogP contribution in [0.2, 0.25) is 0 Å². The topological polar surface area (TPSA) is 59.2 Å². The van der Waals surface area contributed by atoms with Gasteiger partial charge in [-0.05, 0) is 18.4 Å². The van der Waals surface area contributed by atoms with Gasteiger partial charge < -0.3 is 9.63 Å². The fourth-order valence-electron chi connectivity index (χ4n) is 2.84. The quantitative estimate of drug-likeness (QED) is 0.926. The summed E-state index contributed by atoms with van der Waals surface area (Å²) in [6.07, 6.45) is 5.91. The van der Waals surface area contributed by atoms with Gasteiger partial charge in [0.05, 0.1) is 12.5 Å². The van der Waals surface area contributed by atoms with E-state index >= 15 is 0 Å². The first-order valence-corrected chi connectivity index (χ1v) is 7.38. The highest BCUT2D eigenvalue weighted by Crippen LogP contribution is 2.31. The number of benzene rings is 1. The van der Waals surface area contributed by atoms with Gasteiger partial charge in [0.2, 0.25) is 5.89 Å². The van der Waals surface area contributed by atoms with Gasteiger partial charge in [0, 0.05) is 5.92 Å². The number of rotatable bonds is 4. The van der Waals surface area contributed by atoms with Crippen LogP contribution in [0, 0.1) is 0 Å². The zero-order valence-corrected chi connectivity index (χ0v) is 11.5. The highest BCUT2D eigenvalue weighted by Gasteiger charge is 2.21. The van der Waals surface area contributed by atoms with Crippen molar-refractivity contribution in [2.24, 2.45) is 0 Å². The van der Waals surface area contributed by atoms with Crippen LogP contribution in [0.25, 0.3) is 0 Å². The third-order valence-corrected chi connectivity index (χ3v) is 4.01. The maximum atomic E-state index is 10.2. The van der Waals surface area contributed by atoms with Crippen LogP contribution in [0.1, 0.15) is 61.4 Å². The number of hydrogen-bond donors (Lipinski definition) is 1. The number of aliphatic hydroxyl groups is 1. The zero-order valence-electron chi connectivity index (χ0n) is 11.5. The van der Waals surface area contributed by atoms with Crippen molar-refractivity contribution in [3.8, 4) is 0 Å². The van der Waals surface area contributed by atoms with E-state index in [1.807, 2.05) is 30.3 Å². The lowest BCUT2D eigenvalue weighted by Gasteiger charge is -2.17. The first kappa shape index (κ1) is 13.3. The minimum atomic E-state index is -0.587. The molecule has 1 fully saturated rings. The van der Waals surface area contributed by atoms with E-state index in [4.69, 9.17) is 4.52 Å². The largest absolute Gasteiger partial charge is 0.388 e. The van der Waals surface area contributed by atoms with E-state index < -0.39 is 6.10 Å². The summed E-state index contributed by atoms with van der Waals surface area (Å²) < 4.78 is 5.29. The molecule has 1 heterocycles. The van der Waals surface area contributed by atoms with Crippen LogP contribution in [0.3, 0.4) is 0 Å². The maximum absolute atomic E-state index is 10.2. The highest BCUT2D eigenvalue weighted by molar-refractivity contribution is 5.18. The second-order valence-electron chi connectivity index (χ2n) is 5.51. The van der Waals surface area contributed by atoms with Crippen molar-refractivity contribution in [3.05, 3.63) is 47.6 Å². The third-order valence-electron chi connectivity index (χ3n) is 4.01. The first-order valence-electron chi connectivity index (χ1n) is 7.38. The van der Waals surface area contributed by atoms with E-state index in [1.54, 1.807) is 0 Å². The summed E-state index contributed by atoms with van der Waals surface area (Å²) in [5.74, 6) is 1.79. The fraction of sp³-hybridized carbons (Fsp3) is 0.500. The van der Waals surface area contributed by atoms with Gasteiger partial charge in [-0.3, -0.25) is 0 Å². The molecule has 0 spiro atoms. The molecular formula is C16H20N2O2. The van der Waals surface area contributed by atoms with Gasteiger partial charge in [-0.1, -0.05) is 54.8 Å². The molecule has 0 radical (unpaired) electrons. The van der Waals surface area contributed by atoms with E-state index in [-0.39, 0.29) is 0 Å². The molecular weight excluding hydrogens is 252 g/mol. The molecule has 1 N–H and O–H groups in total. The van der Waals surface area contributed by atoms with Crippen LogP contribution >= 0.6 is 0 Å². The van der Waals surface area contributed by atoms with Crippen molar-refractivity contribution in [1.29, 1.82) is 0 Å². The van der Waals surface area contributed by atoms with Crippen LogP contribution in [-0.2, 0) is 6.42 Å². The van der Waals surface area contributed by atoms with Gasteiger partial charge in [0.1, 0.15) is 0 Å². The Kier molecular flexibility index (Phi) is 4.11. The Morgan fingerprint density at radius 2 is 1.90 bits per heavy atom. The molecule has 1 atom stereocenters. The second kappa shape index (κ2) is 6.18. The van der Waals surface area contributed by atoms with Crippen LogP contribution in [0.15, 0.2) is 34.9 Å². The molecule has 3 rings (SSSR count). The van der Waals surface area contributed by atoms with E-state index in [1.165, 1.54) is 19.3 Å². The monoisotopic (exact) mass is 272 g/mol. The molecule has 1 aliphatic rings. The molecule has 0 bridgehead atoms. The molecule has 106 valence electrons. The lowest BCUT2D eigenvalue weighted by atomic mass is 9.89. The molecule has 1 aliphatic carbocycles. The van der Waals surface area contributed by atoms with Crippen molar-refractivity contribution >= 4 is 0 Å². The summed E-state index contributed by atoms with van der Waals surface area (Å²) in [6.45, 7) is 0. The molecule has 0 unspecified atom stereocenters. The highest BCUT2D eigenvalue weighted by atomic mass is 16.5. The Morgan fingerprint density at radius 3 is 2.65 bits per heavy atom. The lowest BCUT2D eigenvalue weighted by Crippen LogP contribution is -2.07. The Morgan fingerprint density at radius 1 is 1.15 bits per heavy atom. The summed E-state index contributed by atoms with van der Waals surface area (Å²) in [6, 6.07) is 9.58. The van der Waals surface area contributed by atoms with E-state index in [0.29, 0.717) is 18.2 Å². The SMILES string of the molecule is O[C@@H](Cc1nc(C2CCCCC2)no1)c1ccccc1. The molecule has 4 heteroatoms. The van der Waals surface area contributed by atoms with Gasteiger partial charge in [-0.25, -0.2) is 0 Å². The van der Waals surface area contributed by atoms with Crippen LogP contribution < -0.4 is 0 Å². The fourth-order valence-corrected chi connectivity index (χ4v) is 2.84. The molecule has 0 saturated heterocycles. The summed E-state index contributed by atoms with van der Waals surface area (Å²) in [5, 5.41) is 14.3. The molecule has 1 aromatic heterocycles. The summed E-state index contributed by atoms with van der Waals surface area (Å²) >= 11 is 0. The van der Waals surface area contributed by atoms with Gasteiger partial charge in [0.25, 0.3) is 0 Å².